The van der Waals surface area contributed by atoms with E-state index in [1.54, 1.807) is 42.5 Å². The number of carbonyl (C=O) groups is 1. The number of hydrogen-bond acceptors (Lipinski definition) is 4. The van der Waals surface area contributed by atoms with E-state index in [2.05, 4.69) is 10.0 Å². The van der Waals surface area contributed by atoms with Gasteiger partial charge in [-0.05, 0) is 73.5 Å². The van der Waals surface area contributed by atoms with Crippen LogP contribution in [0.4, 0.5) is 11.4 Å². The third kappa shape index (κ3) is 5.52. The Hall–Kier alpha value is -3.03. The van der Waals surface area contributed by atoms with E-state index in [1.165, 1.54) is 24.3 Å². The summed E-state index contributed by atoms with van der Waals surface area (Å²) in [6.45, 7) is 3.55. The van der Waals surface area contributed by atoms with Crippen LogP contribution >= 0.6 is 11.6 Å². The molecular formula is C22H21ClN2O4S. The van der Waals surface area contributed by atoms with Gasteiger partial charge < -0.3 is 10.1 Å². The summed E-state index contributed by atoms with van der Waals surface area (Å²) in [5.41, 5.74) is 2.67. The third-order valence-electron chi connectivity index (χ3n) is 4.25. The van der Waals surface area contributed by atoms with Crippen LogP contribution in [-0.4, -0.2) is 20.9 Å². The van der Waals surface area contributed by atoms with Crippen LogP contribution in [-0.2, 0) is 14.8 Å². The SMILES string of the molecule is Cc1cc(OCC(=O)Nc2ccc(S(=O)(=O)Nc3ccccc3)cc2)cc(C)c1Cl. The molecule has 0 aliphatic heterocycles. The Morgan fingerprint density at radius 2 is 1.53 bits per heavy atom. The lowest BCUT2D eigenvalue weighted by molar-refractivity contribution is -0.118. The fourth-order valence-electron chi connectivity index (χ4n) is 2.77. The molecule has 2 N–H and O–H groups in total. The van der Waals surface area contributed by atoms with Gasteiger partial charge in [0.1, 0.15) is 5.75 Å². The Kier molecular flexibility index (Phi) is 6.64. The first-order valence-corrected chi connectivity index (χ1v) is 11.0. The van der Waals surface area contributed by atoms with E-state index in [1.807, 2.05) is 13.8 Å². The maximum Gasteiger partial charge on any atom is 0.262 e. The quantitative estimate of drug-likeness (QED) is 0.549. The molecule has 3 aromatic carbocycles. The van der Waals surface area contributed by atoms with Crippen molar-refractivity contribution in [3.05, 3.63) is 82.9 Å². The van der Waals surface area contributed by atoms with E-state index >= 15 is 0 Å². The van der Waals surface area contributed by atoms with Crippen LogP contribution in [0.15, 0.2) is 71.6 Å². The minimum Gasteiger partial charge on any atom is -0.484 e. The number of halogens is 1. The van der Waals surface area contributed by atoms with Gasteiger partial charge in [0.25, 0.3) is 15.9 Å². The van der Waals surface area contributed by atoms with Crippen molar-refractivity contribution in [3.8, 4) is 5.75 Å². The monoisotopic (exact) mass is 444 g/mol. The second-order valence-electron chi connectivity index (χ2n) is 6.70. The lowest BCUT2D eigenvalue weighted by Gasteiger charge is -2.11. The Morgan fingerprint density at radius 3 is 2.13 bits per heavy atom. The van der Waals surface area contributed by atoms with Crippen LogP contribution in [0.25, 0.3) is 0 Å². The highest BCUT2D eigenvalue weighted by molar-refractivity contribution is 7.92. The summed E-state index contributed by atoms with van der Waals surface area (Å²) in [6.07, 6.45) is 0. The highest BCUT2D eigenvalue weighted by Crippen LogP contribution is 2.26. The first-order valence-electron chi connectivity index (χ1n) is 9.12. The van der Waals surface area contributed by atoms with Gasteiger partial charge in [-0.25, -0.2) is 8.42 Å². The van der Waals surface area contributed by atoms with Gasteiger partial charge in [-0.1, -0.05) is 29.8 Å². The molecule has 6 nitrogen and oxygen atoms in total. The molecular weight excluding hydrogens is 424 g/mol. The summed E-state index contributed by atoms with van der Waals surface area (Å²) < 4.78 is 32.9. The van der Waals surface area contributed by atoms with Gasteiger partial charge in [0.15, 0.2) is 6.61 Å². The van der Waals surface area contributed by atoms with Gasteiger partial charge in [-0.3, -0.25) is 9.52 Å². The molecule has 0 saturated heterocycles. The van der Waals surface area contributed by atoms with Gasteiger partial charge in [0, 0.05) is 16.4 Å². The van der Waals surface area contributed by atoms with Crippen LogP contribution in [0, 0.1) is 13.8 Å². The van der Waals surface area contributed by atoms with Crippen LogP contribution < -0.4 is 14.8 Å². The van der Waals surface area contributed by atoms with Crippen LogP contribution in [0.1, 0.15) is 11.1 Å². The minimum absolute atomic E-state index is 0.0905. The Morgan fingerprint density at radius 1 is 0.933 bits per heavy atom. The van der Waals surface area contributed by atoms with Crippen molar-refractivity contribution >= 4 is 38.9 Å². The fourth-order valence-corrected chi connectivity index (χ4v) is 3.94. The molecule has 3 aromatic rings. The van der Waals surface area contributed by atoms with Crippen LogP contribution in [0.2, 0.25) is 5.02 Å². The maximum atomic E-state index is 12.4. The molecule has 156 valence electrons. The number of sulfonamides is 1. The van der Waals surface area contributed by atoms with Crippen molar-refractivity contribution in [2.24, 2.45) is 0 Å². The van der Waals surface area contributed by atoms with Gasteiger partial charge in [-0.2, -0.15) is 0 Å². The lowest BCUT2D eigenvalue weighted by Crippen LogP contribution is -2.20. The smallest absolute Gasteiger partial charge is 0.262 e. The van der Waals surface area contributed by atoms with E-state index in [-0.39, 0.29) is 17.4 Å². The first kappa shape index (κ1) is 21.7. The van der Waals surface area contributed by atoms with Gasteiger partial charge in [0.2, 0.25) is 0 Å². The number of rotatable bonds is 7. The van der Waals surface area contributed by atoms with Crippen molar-refractivity contribution in [1.29, 1.82) is 0 Å². The predicted octanol–water partition coefficient (Wildman–Crippen LogP) is 4.78. The summed E-state index contributed by atoms with van der Waals surface area (Å²) in [6, 6.07) is 18.0. The molecule has 0 saturated carbocycles. The lowest BCUT2D eigenvalue weighted by atomic mass is 10.1. The number of nitrogens with one attached hydrogen (secondary N) is 2. The molecule has 30 heavy (non-hydrogen) atoms. The van der Waals surface area contributed by atoms with Crippen LogP contribution in [0.5, 0.6) is 5.75 Å². The van der Waals surface area contributed by atoms with Gasteiger partial charge in [-0.15, -0.1) is 0 Å². The zero-order chi connectivity index (χ0) is 21.7. The molecule has 0 fully saturated rings. The molecule has 0 heterocycles. The van der Waals surface area contributed by atoms with Crippen molar-refractivity contribution in [1.82, 2.24) is 0 Å². The highest BCUT2D eigenvalue weighted by Gasteiger charge is 2.14. The Labute approximate surface area is 180 Å². The standard InChI is InChI=1S/C22H21ClN2O4S/c1-15-12-19(13-16(2)22(15)23)29-14-21(26)24-17-8-10-20(11-9-17)30(27,28)25-18-6-4-3-5-7-18/h3-13,25H,14H2,1-2H3,(H,24,26). The number of hydrogen-bond donors (Lipinski definition) is 2. The Bertz CT molecular complexity index is 1120. The third-order valence-corrected chi connectivity index (χ3v) is 6.25. The normalized spacial score (nSPS) is 11.0. The number of carbonyl (C=O) groups excluding carboxylic acids is 1. The molecule has 0 radical (unpaired) electrons. The van der Waals surface area contributed by atoms with Crippen LogP contribution in [0.3, 0.4) is 0 Å². The predicted molar refractivity (Wildman–Crippen MR) is 119 cm³/mol. The van der Waals surface area contributed by atoms with E-state index in [9.17, 15) is 13.2 Å². The maximum absolute atomic E-state index is 12.4. The Balaban J connectivity index is 1.59. The average Bonchev–Trinajstić information content (AvgIpc) is 2.71. The van der Waals surface area contributed by atoms with Crippen molar-refractivity contribution < 1.29 is 17.9 Å². The summed E-state index contributed by atoms with van der Waals surface area (Å²) in [5.74, 6) is 0.191. The number of amides is 1. The molecule has 0 bridgehead atoms. The molecule has 0 atom stereocenters. The molecule has 0 spiro atoms. The summed E-state index contributed by atoms with van der Waals surface area (Å²) >= 11 is 6.13. The largest absolute Gasteiger partial charge is 0.484 e. The van der Waals surface area contributed by atoms with E-state index in [4.69, 9.17) is 16.3 Å². The zero-order valence-corrected chi connectivity index (χ0v) is 18.0. The summed E-state index contributed by atoms with van der Waals surface area (Å²) in [4.78, 5) is 12.2. The number of ether oxygens (including phenoxy) is 1. The summed E-state index contributed by atoms with van der Waals surface area (Å²) in [7, 11) is -3.71. The molecule has 0 aliphatic rings. The average molecular weight is 445 g/mol. The second-order valence-corrected chi connectivity index (χ2v) is 8.76. The summed E-state index contributed by atoms with van der Waals surface area (Å²) in [5, 5.41) is 3.35. The van der Waals surface area contributed by atoms with Crippen molar-refractivity contribution in [3.63, 3.8) is 0 Å². The molecule has 0 aromatic heterocycles. The minimum atomic E-state index is -3.71. The number of para-hydroxylation sites is 1. The second kappa shape index (κ2) is 9.19. The van der Waals surface area contributed by atoms with Crippen molar-refractivity contribution in [2.45, 2.75) is 18.7 Å². The number of anilines is 2. The fraction of sp³-hybridized carbons (Fsp3) is 0.136. The van der Waals surface area contributed by atoms with Crippen molar-refractivity contribution in [2.75, 3.05) is 16.6 Å². The van der Waals surface area contributed by atoms with Gasteiger partial charge >= 0.3 is 0 Å². The first-order chi connectivity index (χ1) is 14.2. The van der Waals surface area contributed by atoms with E-state index in [0.29, 0.717) is 22.1 Å². The topological polar surface area (TPSA) is 84.5 Å². The van der Waals surface area contributed by atoms with E-state index in [0.717, 1.165) is 11.1 Å². The molecule has 0 unspecified atom stereocenters. The zero-order valence-electron chi connectivity index (χ0n) is 16.5. The number of benzene rings is 3. The molecule has 8 heteroatoms. The highest BCUT2D eigenvalue weighted by atomic mass is 35.5. The van der Waals surface area contributed by atoms with E-state index < -0.39 is 10.0 Å². The molecule has 1 amide bonds. The number of aryl methyl sites for hydroxylation is 2. The molecule has 0 aliphatic carbocycles. The van der Waals surface area contributed by atoms with Gasteiger partial charge in [0.05, 0.1) is 4.90 Å². The molecule has 3 rings (SSSR count).